The number of halogens is 1. The quantitative estimate of drug-likeness (QED) is 0.334. The van der Waals surface area contributed by atoms with Gasteiger partial charge in [-0.15, -0.1) is 0 Å². The second-order valence-electron chi connectivity index (χ2n) is 7.28. The van der Waals surface area contributed by atoms with Crippen molar-refractivity contribution in [3.05, 3.63) is 100 Å². The molecule has 3 aromatic rings. The predicted molar refractivity (Wildman–Crippen MR) is 121 cm³/mol. The maximum absolute atomic E-state index is 13.1. The van der Waals surface area contributed by atoms with E-state index in [-0.39, 0.29) is 17.9 Å². The minimum Gasteiger partial charge on any atom is -0.507 e. The number of ketones is 1. The fourth-order valence-corrected chi connectivity index (χ4v) is 4.02. The van der Waals surface area contributed by atoms with Gasteiger partial charge in [-0.05, 0) is 42.3 Å². The van der Waals surface area contributed by atoms with Gasteiger partial charge in [-0.1, -0.05) is 48.0 Å². The second-order valence-corrected chi connectivity index (χ2v) is 7.68. The number of ether oxygens (including phenoxy) is 1. The molecule has 1 aromatic heterocycles. The molecule has 2 heterocycles. The third-order valence-electron chi connectivity index (χ3n) is 5.24. The molecule has 0 spiro atoms. The van der Waals surface area contributed by atoms with E-state index in [0.717, 1.165) is 5.56 Å². The van der Waals surface area contributed by atoms with Crippen molar-refractivity contribution in [1.82, 2.24) is 9.88 Å². The molecule has 162 valence electrons. The van der Waals surface area contributed by atoms with E-state index in [1.807, 2.05) is 43.3 Å². The normalized spacial score (nSPS) is 17.6. The molecule has 1 atom stereocenters. The summed E-state index contributed by atoms with van der Waals surface area (Å²) in [6, 6.07) is 16.8. The van der Waals surface area contributed by atoms with Crippen LogP contribution in [0.4, 0.5) is 0 Å². The largest absolute Gasteiger partial charge is 0.507 e. The fourth-order valence-electron chi connectivity index (χ4n) is 3.79. The molecule has 4 rings (SSSR count). The maximum atomic E-state index is 13.1. The number of pyridine rings is 1. The monoisotopic (exact) mass is 448 g/mol. The van der Waals surface area contributed by atoms with Crippen molar-refractivity contribution >= 4 is 29.1 Å². The highest BCUT2D eigenvalue weighted by Crippen LogP contribution is 2.41. The van der Waals surface area contributed by atoms with Crippen LogP contribution < -0.4 is 4.74 Å². The van der Waals surface area contributed by atoms with E-state index < -0.39 is 17.7 Å². The van der Waals surface area contributed by atoms with E-state index in [9.17, 15) is 14.7 Å². The Balaban J connectivity index is 1.83. The Morgan fingerprint density at radius 1 is 1.12 bits per heavy atom. The topological polar surface area (TPSA) is 79.7 Å². The number of benzene rings is 2. The van der Waals surface area contributed by atoms with Crippen LogP contribution in [-0.4, -0.2) is 33.3 Å². The summed E-state index contributed by atoms with van der Waals surface area (Å²) in [4.78, 5) is 31.6. The molecule has 1 aliphatic rings. The van der Waals surface area contributed by atoms with Gasteiger partial charge in [-0.3, -0.25) is 14.6 Å². The van der Waals surface area contributed by atoms with Crippen LogP contribution in [0.5, 0.6) is 5.75 Å². The summed E-state index contributed by atoms with van der Waals surface area (Å²) in [5.41, 5.74) is 1.85. The van der Waals surface area contributed by atoms with Crippen LogP contribution in [0.1, 0.15) is 29.7 Å². The van der Waals surface area contributed by atoms with Gasteiger partial charge in [-0.25, -0.2) is 0 Å². The van der Waals surface area contributed by atoms with E-state index in [4.69, 9.17) is 16.3 Å². The SMILES string of the molecule is CCOc1ccc(C(O)=C2C(=O)C(=O)N(Cc3cccnc3)[C@H]2c2ccccc2)cc1Cl. The van der Waals surface area contributed by atoms with Crippen molar-refractivity contribution in [3.63, 3.8) is 0 Å². The average molecular weight is 449 g/mol. The number of likely N-dealkylation sites (tertiary alicyclic amines) is 1. The van der Waals surface area contributed by atoms with Crippen LogP contribution in [0.25, 0.3) is 5.76 Å². The van der Waals surface area contributed by atoms with E-state index in [2.05, 4.69) is 4.98 Å². The number of carbonyl (C=O) groups excluding carboxylic acids is 2. The molecule has 1 N–H and O–H groups in total. The van der Waals surface area contributed by atoms with Crippen molar-refractivity contribution in [2.75, 3.05) is 6.61 Å². The molecular formula is C25H21ClN2O4. The number of carbonyl (C=O) groups is 2. The van der Waals surface area contributed by atoms with Crippen LogP contribution >= 0.6 is 11.6 Å². The third kappa shape index (κ3) is 4.09. The van der Waals surface area contributed by atoms with E-state index in [1.165, 1.54) is 11.0 Å². The predicted octanol–water partition coefficient (Wildman–Crippen LogP) is 4.76. The molecule has 2 aromatic carbocycles. The molecule has 7 heteroatoms. The first-order valence-electron chi connectivity index (χ1n) is 10.2. The number of aliphatic hydroxyl groups excluding tert-OH is 1. The lowest BCUT2D eigenvalue weighted by Crippen LogP contribution is -2.29. The highest BCUT2D eigenvalue weighted by Gasteiger charge is 2.46. The van der Waals surface area contributed by atoms with E-state index in [1.54, 1.807) is 30.6 Å². The molecule has 1 amide bonds. The van der Waals surface area contributed by atoms with Gasteiger partial charge in [0, 0.05) is 24.5 Å². The minimum atomic E-state index is -0.748. The second kappa shape index (κ2) is 9.24. The summed E-state index contributed by atoms with van der Waals surface area (Å²) in [6.45, 7) is 2.46. The number of hydrogen-bond donors (Lipinski definition) is 1. The lowest BCUT2D eigenvalue weighted by molar-refractivity contribution is -0.140. The lowest BCUT2D eigenvalue weighted by atomic mass is 9.95. The standard InChI is InChI=1S/C25H21ClN2O4/c1-2-32-20-11-10-18(13-19(20)26)23(29)21-22(17-8-4-3-5-9-17)28(25(31)24(21)30)15-16-7-6-12-27-14-16/h3-14,22,29H,2,15H2,1H3/t22-/m0/s1. The first kappa shape index (κ1) is 21.6. The number of hydrogen-bond acceptors (Lipinski definition) is 5. The molecule has 0 unspecified atom stereocenters. The zero-order valence-electron chi connectivity index (χ0n) is 17.4. The molecule has 1 saturated heterocycles. The lowest BCUT2D eigenvalue weighted by Gasteiger charge is -2.25. The Labute approximate surface area is 190 Å². The summed E-state index contributed by atoms with van der Waals surface area (Å²) in [5.74, 6) is -1.23. The highest BCUT2D eigenvalue weighted by molar-refractivity contribution is 6.46. The van der Waals surface area contributed by atoms with Gasteiger partial charge in [0.2, 0.25) is 0 Å². The molecule has 0 bridgehead atoms. The van der Waals surface area contributed by atoms with Gasteiger partial charge in [0.15, 0.2) is 0 Å². The van der Waals surface area contributed by atoms with Gasteiger partial charge in [0.05, 0.1) is 23.2 Å². The van der Waals surface area contributed by atoms with Gasteiger partial charge in [-0.2, -0.15) is 0 Å². The molecule has 1 fully saturated rings. The van der Waals surface area contributed by atoms with Crippen molar-refractivity contribution in [2.45, 2.75) is 19.5 Å². The van der Waals surface area contributed by atoms with Crippen LogP contribution in [-0.2, 0) is 16.1 Å². The van der Waals surface area contributed by atoms with Crippen molar-refractivity contribution in [3.8, 4) is 5.75 Å². The number of amides is 1. The Bertz CT molecular complexity index is 1180. The fraction of sp³-hybridized carbons (Fsp3) is 0.160. The van der Waals surface area contributed by atoms with Crippen LogP contribution in [0.15, 0.2) is 78.6 Å². The molecular weight excluding hydrogens is 428 g/mol. The summed E-state index contributed by atoms with van der Waals surface area (Å²) >= 11 is 6.29. The zero-order chi connectivity index (χ0) is 22.7. The number of rotatable bonds is 6. The molecule has 0 radical (unpaired) electrons. The first-order chi connectivity index (χ1) is 15.5. The third-order valence-corrected chi connectivity index (χ3v) is 5.53. The number of aromatic nitrogens is 1. The summed E-state index contributed by atoms with van der Waals surface area (Å²) in [6.07, 6.45) is 3.29. The van der Waals surface area contributed by atoms with Gasteiger partial charge < -0.3 is 14.7 Å². The van der Waals surface area contributed by atoms with Crippen LogP contribution in [0.3, 0.4) is 0 Å². The van der Waals surface area contributed by atoms with Crippen molar-refractivity contribution in [1.29, 1.82) is 0 Å². The molecule has 6 nitrogen and oxygen atoms in total. The van der Waals surface area contributed by atoms with Gasteiger partial charge in [0.25, 0.3) is 11.7 Å². The first-order valence-corrected chi connectivity index (χ1v) is 10.5. The smallest absolute Gasteiger partial charge is 0.295 e. The van der Waals surface area contributed by atoms with Gasteiger partial charge >= 0.3 is 0 Å². The van der Waals surface area contributed by atoms with Crippen LogP contribution in [0.2, 0.25) is 5.02 Å². The minimum absolute atomic E-state index is 0.0188. The Hall–Kier alpha value is -3.64. The number of aliphatic hydroxyl groups is 1. The molecule has 1 aliphatic heterocycles. The summed E-state index contributed by atoms with van der Waals surface area (Å²) in [7, 11) is 0. The van der Waals surface area contributed by atoms with Crippen molar-refractivity contribution in [2.24, 2.45) is 0 Å². The van der Waals surface area contributed by atoms with Gasteiger partial charge in [0.1, 0.15) is 11.5 Å². The van der Waals surface area contributed by atoms with Crippen LogP contribution in [0, 0.1) is 0 Å². The summed E-state index contributed by atoms with van der Waals surface area (Å²) in [5, 5.41) is 11.4. The number of nitrogens with zero attached hydrogens (tertiary/aromatic N) is 2. The van der Waals surface area contributed by atoms with E-state index >= 15 is 0 Å². The summed E-state index contributed by atoms with van der Waals surface area (Å²) < 4.78 is 5.44. The zero-order valence-corrected chi connectivity index (χ0v) is 18.1. The average Bonchev–Trinajstić information content (AvgIpc) is 3.06. The maximum Gasteiger partial charge on any atom is 0.295 e. The number of Topliss-reactive ketones (excluding diaryl/α,β-unsaturated/α-hetero) is 1. The molecule has 0 saturated carbocycles. The highest BCUT2D eigenvalue weighted by atomic mass is 35.5. The van der Waals surface area contributed by atoms with E-state index in [0.29, 0.717) is 28.5 Å². The Morgan fingerprint density at radius 3 is 2.56 bits per heavy atom. The Morgan fingerprint density at radius 2 is 1.91 bits per heavy atom. The molecule has 0 aliphatic carbocycles. The molecule has 32 heavy (non-hydrogen) atoms. The van der Waals surface area contributed by atoms with Crippen molar-refractivity contribution < 1.29 is 19.4 Å². The Kier molecular flexibility index (Phi) is 6.23.